The summed E-state index contributed by atoms with van der Waals surface area (Å²) in [5.74, 6) is 1.71. The van der Waals surface area contributed by atoms with Gasteiger partial charge in [0.15, 0.2) is 0 Å². The maximum Gasteiger partial charge on any atom is 0.243 e. The Morgan fingerprint density at radius 1 is 1.27 bits per heavy atom. The van der Waals surface area contributed by atoms with Crippen molar-refractivity contribution in [2.45, 2.75) is 51.6 Å². The molecule has 2 bridgehead atoms. The Balaban J connectivity index is 1.75. The van der Waals surface area contributed by atoms with Gasteiger partial charge in [-0.3, -0.25) is 9.10 Å². The molecule has 2 saturated carbocycles. The van der Waals surface area contributed by atoms with Crippen molar-refractivity contribution in [3.63, 3.8) is 0 Å². The molecular formula is C19H28N2O4S. The predicted molar refractivity (Wildman–Crippen MR) is 102 cm³/mol. The lowest BCUT2D eigenvalue weighted by molar-refractivity contribution is -0.122. The number of nitrogens with one attached hydrogen (secondary N) is 1. The zero-order valence-corrected chi connectivity index (χ0v) is 16.5. The highest BCUT2D eigenvalue weighted by molar-refractivity contribution is 7.92. The topological polar surface area (TPSA) is 75.7 Å². The van der Waals surface area contributed by atoms with Gasteiger partial charge in [0.05, 0.1) is 18.6 Å². The Bertz CT molecular complexity index is 747. The molecule has 1 amide bonds. The number of carbonyl (C=O) groups is 1. The normalized spacial score (nSPS) is 25.7. The molecule has 6 nitrogen and oxygen atoms in total. The lowest BCUT2D eigenvalue weighted by atomic mass is 9.95. The zero-order valence-electron chi connectivity index (χ0n) is 15.6. The van der Waals surface area contributed by atoms with Gasteiger partial charge in [0.2, 0.25) is 15.9 Å². The van der Waals surface area contributed by atoms with Crippen LogP contribution in [0.25, 0.3) is 0 Å². The summed E-state index contributed by atoms with van der Waals surface area (Å²) in [7, 11) is -3.60. The lowest BCUT2D eigenvalue weighted by Crippen LogP contribution is -2.51. The fourth-order valence-corrected chi connectivity index (χ4v) is 5.56. The van der Waals surface area contributed by atoms with Crippen LogP contribution < -0.4 is 14.4 Å². The van der Waals surface area contributed by atoms with Crippen LogP contribution in [0.2, 0.25) is 0 Å². The highest BCUT2D eigenvalue weighted by atomic mass is 32.2. The van der Waals surface area contributed by atoms with E-state index < -0.39 is 16.1 Å². The summed E-state index contributed by atoms with van der Waals surface area (Å²) >= 11 is 0. The van der Waals surface area contributed by atoms with E-state index >= 15 is 0 Å². The zero-order chi connectivity index (χ0) is 18.9. The van der Waals surface area contributed by atoms with Crippen LogP contribution in [0, 0.1) is 11.8 Å². The van der Waals surface area contributed by atoms with Gasteiger partial charge in [-0.05, 0) is 69.2 Å². The summed E-state index contributed by atoms with van der Waals surface area (Å²) < 4.78 is 31.3. The number of carbonyl (C=O) groups excluding carboxylic acids is 1. The maximum atomic E-state index is 12.8. The molecule has 1 N–H and O–H groups in total. The Hall–Kier alpha value is -1.76. The molecule has 2 aliphatic rings. The molecule has 1 aromatic carbocycles. The van der Waals surface area contributed by atoms with E-state index in [1.54, 1.807) is 31.2 Å². The van der Waals surface area contributed by atoms with Crippen molar-refractivity contribution in [1.29, 1.82) is 0 Å². The van der Waals surface area contributed by atoms with Crippen LogP contribution in [0.15, 0.2) is 24.3 Å². The number of fused-ring (bicyclic) bond motifs is 2. The Kier molecular flexibility index (Phi) is 5.46. The van der Waals surface area contributed by atoms with E-state index in [0.29, 0.717) is 24.0 Å². The summed E-state index contributed by atoms with van der Waals surface area (Å²) in [6.07, 6.45) is 5.76. The quantitative estimate of drug-likeness (QED) is 0.789. The van der Waals surface area contributed by atoms with Gasteiger partial charge in [-0.15, -0.1) is 0 Å². The Labute approximate surface area is 156 Å². The van der Waals surface area contributed by atoms with Crippen molar-refractivity contribution in [1.82, 2.24) is 5.32 Å². The molecule has 0 unspecified atom stereocenters. The fraction of sp³-hybridized carbons (Fsp3) is 0.632. The summed E-state index contributed by atoms with van der Waals surface area (Å²) in [4.78, 5) is 12.8. The minimum absolute atomic E-state index is 0.186. The van der Waals surface area contributed by atoms with Crippen molar-refractivity contribution < 1.29 is 17.9 Å². The third-order valence-corrected chi connectivity index (χ3v) is 6.80. The molecule has 26 heavy (non-hydrogen) atoms. The summed E-state index contributed by atoms with van der Waals surface area (Å²) in [6.45, 7) is 4.07. The molecule has 0 heterocycles. The SMILES string of the molecule is CCOc1ccc(N([C@H](C)C(=O)N[C@H]2C[C@H]3CC[C@H]2C3)S(C)(=O)=O)cc1. The van der Waals surface area contributed by atoms with Crippen molar-refractivity contribution in [3.8, 4) is 5.75 Å². The molecule has 7 heteroatoms. The van der Waals surface area contributed by atoms with Crippen LogP contribution in [-0.4, -0.2) is 39.3 Å². The Morgan fingerprint density at radius 2 is 1.96 bits per heavy atom. The summed E-state index contributed by atoms with van der Waals surface area (Å²) in [5.41, 5.74) is 0.464. The van der Waals surface area contributed by atoms with Crippen LogP contribution in [0.4, 0.5) is 5.69 Å². The number of rotatable bonds is 7. The van der Waals surface area contributed by atoms with E-state index in [4.69, 9.17) is 4.74 Å². The van der Waals surface area contributed by atoms with Gasteiger partial charge in [0.1, 0.15) is 11.8 Å². The first kappa shape index (κ1) is 19.0. The van der Waals surface area contributed by atoms with Gasteiger partial charge in [-0.25, -0.2) is 8.42 Å². The average molecular weight is 381 g/mol. The number of ether oxygens (including phenoxy) is 1. The monoisotopic (exact) mass is 380 g/mol. The second kappa shape index (κ2) is 7.47. The first-order chi connectivity index (χ1) is 12.3. The van der Waals surface area contributed by atoms with Crippen LogP contribution >= 0.6 is 0 Å². The highest BCUT2D eigenvalue weighted by Gasteiger charge is 2.41. The molecule has 0 saturated heterocycles. The van der Waals surface area contributed by atoms with Crippen molar-refractivity contribution in [2.24, 2.45) is 11.8 Å². The van der Waals surface area contributed by atoms with Crippen molar-refractivity contribution >= 4 is 21.6 Å². The van der Waals surface area contributed by atoms with Crippen LogP contribution in [0.5, 0.6) is 5.75 Å². The highest BCUT2D eigenvalue weighted by Crippen LogP contribution is 2.44. The van der Waals surface area contributed by atoms with Crippen LogP contribution in [0.1, 0.15) is 39.5 Å². The molecular weight excluding hydrogens is 352 g/mol. The number of anilines is 1. The first-order valence-corrected chi connectivity index (χ1v) is 11.2. The van der Waals surface area contributed by atoms with E-state index in [2.05, 4.69) is 5.32 Å². The third kappa shape index (κ3) is 3.98. The number of hydrogen-bond donors (Lipinski definition) is 1. The first-order valence-electron chi connectivity index (χ1n) is 9.32. The molecule has 0 spiro atoms. The second-order valence-corrected chi connectivity index (χ2v) is 9.31. The van der Waals surface area contributed by atoms with E-state index in [0.717, 1.165) is 18.6 Å². The molecule has 3 rings (SSSR count). The molecule has 0 radical (unpaired) electrons. The molecule has 0 aliphatic heterocycles. The van der Waals surface area contributed by atoms with E-state index in [-0.39, 0.29) is 11.9 Å². The van der Waals surface area contributed by atoms with Crippen molar-refractivity contribution in [2.75, 3.05) is 17.2 Å². The minimum atomic E-state index is -3.60. The standard InChI is InChI=1S/C19H28N2O4S/c1-4-25-17-9-7-16(8-10-17)21(26(3,23)24)13(2)19(22)20-18-12-14-5-6-15(18)11-14/h7-10,13-15,18H,4-6,11-12H2,1-3H3,(H,20,22)/t13-,14+,15+,18+/m1/s1. The number of benzene rings is 1. The third-order valence-electron chi connectivity index (χ3n) is 5.56. The van der Waals surface area contributed by atoms with Crippen LogP contribution in [-0.2, 0) is 14.8 Å². The van der Waals surface area contributed by atoms with Gasteiger partial charge >= 0.3 is 0 Å². The molecule has 2 fully saturated rings. The fourth-order valence-electron chi connectivity index (χ4n) is 4.39. The minimum Gasteiger partial charge on any atom is -0.494 e. The maximum absolute atomic E-state index is 12.8. The number of nitrogens with zero attached hydrogens (tertiary/aromatic N) is 1. The molecule has 0 aromatic heterocycles. The number of sulfonamides is 1. The largest absolute Gasteiger partial charge is 0.494 e. The van der Waals surface area contributed by atoms with E-state index in [9.17, 15) is 13.2 Å². The lowest BCUT2D eigenvalue weighted by Gasteiger charge is -2.31. The van der Waals surface area contributed by atoms with E-state index in [1.807, 2.05) is 6.92 Å². The Morgan fingerprint density at radius 3 is 2.46 bits per heavy atom. The second-order valence-electron chi connectivity index (χ2n) is 7.45. The molecule has 4 atom stereocenters. The molecule has 144 valence electrons. The molecule has 1 aromatic rings. The molecule has 2 aliphatic carbocycles. The van der Waals surface area contributed by atoms with Gasteiger partial charge in [0, 0.05) is 6.04 Å². The van der Waals surface area contributed by atoms with Crippen LogP contribution in [0.3, 0.4) is 0 Å². The predicted octanol–water partition coefficient (Wildman–Crippen LogP) is 2.54. The summed E-state index contributed by atoms with van der Waals surface area (Å²) in [5, 5.41) is 3.09. The van der Waals surface area contributed by atoms with Gasteiger partial charge < -0.3 is 10.1 Å². The summed E-state index contributed by atoms with van der Waals surface area (Å²) in [6, 6.07) is 6.17. The van der Waals surface area contributed by atoms with E-state index in [1.165, 1.54) is 23.6 Å². The van der Waals surface area contributed by atoms with Gasteiger partial charge in [-0.2, -0.15) is 0 Å². The van der Waals surface area contributed by atoms with Gasteiger partial charge in [-0.1, -0.05) is 6.42 Å². The van der Waals surface area contributed by atoms with Gasteiger partial charge in [0.25, 0.3) is 0 Å². The number of hydrogen-bond acceptors (Lipinski definition) is 4. The smallest absolute Gasteiger partial charge is 0.243 e. The van der Waals surface area contributed by atoms with Crippen molar-refractivity contribution in [3.05, 3.63) is 24.3 Å². The number of amides is 1. The average Bonchev–Trinajstić information content (AvgIpc) is 3.18.